The zero-order chi connectivity index (χ0) is 13.1. The van der Waals surface area contributed by atoms with Crippen LogP contribution in [0.4, 0.5) is 5.69 Å². The van der Waals surface area contributed by atoms with E-state index in [2.05, 4.69) is 23.2 Å². The lowest BCUT2D eigenvalue weighted by Crippen LogP contribution is -1.79. The van der Waals surface area contributed by atoms with Crippen molar-refractivity contribution in [2.24, 2.45) is 4.99 Å². The zero-order valence-corrected chi connectivity index (χ0v) is 10.3. The van der Waals surface area contributed by atoms with E-state index in [-0.39, 0.29) is 5.75 Å². The number of fused-ring (bicyclic) bond motifs is 1. The summed E-state index contributed by atoms with van der Waals surface area (Å²) in [5.41, 5.74) is 1.91. The Morgan fingerprint density at radius 1 is 0.789 bits per heavy atom. The van der Waals surface area contributed by atoms with Gasteiger partial charge in [0.05, 0.1) is 5.69 Å². The van der Waals surface area contributed by atoms with Gasteiger partial charge in [-0.3, -0.25) is 4.99 Å². The number of hydrogen-bond acceptors (Lipinski definition) is 2. The topological polar surface area (TPSA) is 32.6 Å². The van der Waals surface area contributed by atoms with Gasteiger partial charge in [0.2, 0.25) is 0 Å². The van der Waals surface area contributed by atoms with E-state index in [1.54, 1.807) is 18.3 Å². The molecule has 0 atom stereocenters. The number of benzene rings is 3. The molecule has 1 N–H and O–H groups in total. The molecule has 0 saturated heterocycles. The molecule has 0 spiro atoms. The second-order valence-electron chi connectivity index (χ2n) is 4.35. The Morgan fingerprint density at radius 2 is 1.53 bits per heavy atom. The number of rotatable bonds is 2. The molecule has 0 aromatic heterocycles. The van der Waals surface area contributed by atoms with Crippen LogP contribution in [0.3, 0.4) is 0 Å². The van der Waals surface area contributed by atoms with E-state index in [0.29, 0.717) is 0 Å². The standard InChI is InChI=1S/C17H13NO/c19-15-10-8-13(9-11-15)12-18-17-7-3-5-14-4-1-2-6-16(14)17/h1-12,19H. The van der Waals surface area contributed by atoms with Crippen LogP contribution in [0.25, 0.3) is 10.8 Å². The highest BCUT2D eigenvalue weighted by atomic mass is 16.3. The van der Waals surface area contributed by atoms with Gasteiger partial charge in [0.1, 0.15) is 5.75 Å². The van der Waals surface area contributed by atoms with Crippen molar-refractivity contribution in [1.29, 1.82) is 0 Å². The largest absolute Gasteiger partial charge is 0.508 e. The molecular formula is C17H13NO. The normalized spacial score (nSPS) is 11.2. The molecule has 3 aromatic rings. The van der Waals surface area contributed by atoms with Crippen LogP contribution in [0.2, 0.25) is 0 Å². The Labute approximate surface area is 111 Å². The van der Waals surface area contributed by atoms with Gasteiger partial charge < -0.3 is 5.11 Å². The molecule has 2 nitrogen and oxygen atoms in total. The number of aliphatic imine (C=N–C) groups is 1. The number of aromatic hydroxyl groups is 1. The Hall–Kier alpha value is -2.61. The highest BCUT2D eigenvalue weighted by Crippen LogP contribution is 2.25. The minimum absolute atomic E-state index is 0.266. The van der Waals surface area contributed by atoms with Gasteiger partial charge >= 0.3 is 0 Å². The van der Waals surface area contributed by atoms with Gasteiger partial charge in [-0.1, -0.05) is 36.4 Å². The van der Waals surface area contributed by atoms with Crippen molar-refractivity contribution in [2.75, 3.05) is 0 Å². The molecule has 0 bridgehead atoms. The Bertz CT molecular complexity index is 724. The maximum atomic E-state index is 9.24. The molecule has 0 aliphatic rings. The van der Waals surface area contributed by atoms with Crippen molar-refractivity contribution in [2.45, 2.75) is 0 Å². The molecule has 92 valence electrons. The number of hydrogen-bond donors (Lipinski definition) is 1. The summed E-state index contributed by atoms with van der Waals surface area (Å²) in [5, 5.41) is 11.6. The minimum Gasteiger partial charge on any atom is -0.508 e. The summed E-state index contributed by atoms with van der Waals surface area (Å²) in [6.45, 7) is 0. The van der Waals surface area contributed by atoms with Crippen LogP contribution in [-0.2, 0) is 0 Å². The monoisotopic (exact) mass is 247 g/mol. The quantitative estimate of drug-likeness (QED) is 0.673. The lowest BCUT2D eigenvalue weighted by Gasteiger charge is -2.01. The Balaban J connectivity index is 1.99. The van der Waals surface area contributed by atoms with Crippen molar-refractivity contribution in [3.05, 3.63) is 72.3 Å². The van der Waals surface area contributed by atoms with Gasteiger partial charge in [-0.15, -0.1) is 0 Å². The first-order valence-electron chi connectivity index (χ1n) is 6.14. The van der Waals surface area contributed by atoms with Crippen LogP contribution in [-0.4, -0.2) is 11.3 Å². The zero-order valence-electron chi connectivity index (χ0n) is 10.3. The summed E-state index contributed by atoms with van der Waals surface area (Å²) in [6, 6.07) is 21.3. The molecule has 3 aromatic carbocycles. The molecule has 2 heteroatoms. The number of nitrogens with zero attached hydrogens (tertiary/aromatic N) is 1. The van der Waals surface area contributed by atoms with Crippen molar-refractivity contribution >= 4 is 22.7 Å². The van der Waals surface area contributed by atoms with E-state index in [9.17, 15) is 5.11 Å². The molecule has 0 heterocycles. The Morgan fingerprint density at radius 3 is 2.37 bits per heavy atom. The summed E-state index contributed by atoms with van der Waals surface area (Å²) >= 11 is 0. The van der Waals surface area contributed by atoms with Crippen LogP contribution in [0.15, 0.2) is 71.7 Å². The van der Waals surface area contributed by atoms with Crippen LogP contribution < -0.4 is 0 Å². The second-order valence-corrected chi connectivity index (χ2v) is 4.35. The summed E-state index contributed by atoms with van der Waals surface area (Å²) in [7, 11) is 0. The van der Waals surface area contributed by atoms with E-state index in [4.69, 9.17) is 0 Å². The average Bonchev–Trinajstić information content (AvgIpc) is 2.47. The third-order valence-corrected chi connectivity index (χ3v) is 3.01. The predicted octanol–water partition coefficient (Wildman–Crippen LogP) is 4.30. The SMILES string of the molecule is Oc1ccc(C=Nc2cccc3ccccc23)cc1. The number of phenolic OH excluding ortho intramolecular Hbond substituents is 1. The van der Waals surface area contributed by atoms with Gasteiger partial charge in [-0.05, 0) is 41.3 Å². The van der Waals surface area contributed by atoms with E-state index in [1.165, 1.54) is 5.39 Å². The van der Waals surface area contributed by atoms with E-state index >= 15 is 0 Å². The van der Waals surface area contributed by atoms with Crippen LogP contribution in [0.1, 0.15) is 5.56 Å². The fourth-order valence-corrected chi connectivity index (χ4v) is 2.03. The molecule has 19 heavy (non-hydrogen) atoms. The van der Waals surface area contributed by atoms with Gasteiger partial charge in [0.25, 0.3) is 0 Å². The molecule has 0 aliphatic heterocycles. The van der Waals surface area contributed by atoms with E-state index in [0.717, 1.165) is 16.6 Å². The maximum absolute atomic E-state index is 9.24. The van der Waals surface area contributed by atoms with Crippen molar-refractivity contribution < 1.29 is 5.11 Å². The van der Waals surface area contributed by atoms with Crippen molar-refractivity contribution in [1.82, 2.24) is 0 Å². The van der Waals surface area contributed by atoms with Crippen LogP contribution in [0.5, 0.6) is 5.75 Å². The molecule has 0 amide bonds. The molecule has 0 radical (unpaired) electrons. The average molecular weight is 247 g/mol. The van der Waals surface area contributed by atoms with Crippen molar-refractivity contribution in [3.8, 4) is 5.75 Å². The predicted molar refractivity (Wildman–Crippen MR) is 79.3 cm³/mol. The summed E-state index contributed by atoms with van der Waals surface area (Å²) in [4.78, 5) is 4.53. The highest BCUT2D eigenvalue weighted by Gasteiger charge is 1.97. The first-order chi connectivity index (χ1) is 9.33. The van der Waals surface area contributed by atoms with Gasteiger partial charge in [-0.2, -0.15) is 0 Å². The third kappa shape index (κ3) is 2.47. The highest BCUT2D eigenvalue weighted by molar-refractivity contribution is 5.95. The smallest absolute Gasteiger partial charge is 0.115 e. The number of phenols is 1. The molecular weight excluding hydrogens is 234 g/mol. The molecule has 0 fully saturated rings. The lowest BCUT2D eigenvalue weighted by atomic mass is 10.1. The summed E-state index contributed by atoms with van der Waals surface area (Å²) in [6.07, 6.45) is 1.81. The first kappa shape index (κ1) is 11.5. The van der Waals surface area contributed by atoms with Gasteiger partial charge in [-0.25, -0.2) is 0 Å². The minimum atomic E-state index is 0.266. The molecule has 0 saturated carbocycles. The molecule has 3 rings (SSSR count). The fourth-order valence-electron chi connectivity index (χ4n) is 2.03. The molecule has 0 unspecified atom stereocenters. The molecule has 0 aliphatic carbocycles. The maximum Gasteiger partial charge on any atom is 0.115 e. The van der Waals surface area contributed by atoms with Crippen molar-refractivity contribution in [3.63, 3.8) is 0 Å². The van der Waals surface area contributed by atoms with Gasteiger partial charge in [0.15, 0.2) is 0 Å². The van der Waals surface area contributed by atoms with Crippen LogP contribution in [0, 0.1) is 0 Å². The lowest BCUT2D eigenvalue weighted by molar-refractivity contribution is 0.475. The second kappa shape index (κ2) is 4.94. The van der Waals surface area contributed by atoms with E-state index < -0.39 is 0 Å². The van der Waals surface area contributed by atoms with Gasteiger partial charge in [0, 0.05) is 11.6 Å². The van der Waals surface area contributed by atoms with E-state index in [1.807, 2.05) is 36.4 Å². The third-order valence-electron chi connectivity index (χ3n) is 3.01. The first-order valence-corrected chi connectivity index (χ1v) is 6.14. The summed E-state index contributed by atoms with van der Waals surface area (Å²) in [5.74, 6) is 0.266. The van der Waals surface area contributed by atoms with Crippen LogP contribution >= 0.6 is 0 Å². The Kier molecular flexibility index (Phi) is 2.99. The fraction of sp³-hybridized carbons (Fsp3) is 0. The summed E-state index contributed by atoms with van der Waals surface area (Å²) < 4.78 is 0.